The fourth-order valence-electron chi connectivity index (χ4n) is 2.22. The number of rotatable bonds is 4. The normalized spacial score (nSPS) is 10.7. The molecular weight excluding hydrogens is 262 g/mol. The topological polar surface area (TPSA) is 46.1 Å². The number of hydrogen-bond acceptors (Lipinski definition) is 3. The van der Waals surface area contributed by atoms with Crippen LogP contribution in [-0.2, 0) is 6.54 Å². The van der Waals surface area contributed by atoms with Crippen LogP contribution < -0.4 is 0 Å². The van der Waals surface area contributed by atoms with Crippen molar-refractivity contribution in [1.29, 1.82) is 0 Å². The molecule has 0 fully saturated rings. The van der Waals surface area contributed by atoms with E-state index in [2.05, 4.69) is 9.97 Å². The van der Waals surface area contributed by atoms with Crippen LogP contribution in [0.25, 0.3) is 0 Å². The highest BCUT2D eigenvalue weighted by Gasteiger charge is 2.21. The van der Waals surface area contributed by atoms with Crippen LogP contribution in [0.5, 0.6) is 0 Å². The monoisotopic (exact) mass is 283 g/mol. The Labute approximate surface area is 125 Å². The largest absolute Gasteiger partial charge is 0.332 e. The summed E-state index contributed by atoms with van der Waals surface area (Å²) >= 11 is 0. The van der Waals surface area contributed by atoms with Crippen LogP contribution in [0.4, 0.5) is 0 Å². The molecule has 4 heteroatoms. The number of aryl methyl sites for hydroxylation is 2. The number of nitrogens with zero attached hydrogens (tertiary/aromatic N) is 3. The predicted molar refractivity (Wildman–Crippen MR) is 83.0 cm³/mol. The minimum atomic E-state index is -0.0219. The summed E-state index contributed by atoms with van der Waals surface area (Å²) in [6, 6.07) is 10.1. The van der Waals surface area contributed by atoms with E-state index < -0.39 is 0 Å². The quantitative estimate of drug-likeness (QED) is 0.866. The maximum atomic E-state index is 12.8. The summed E-state index contributed by atoms with van der Waals surface area (Å²) in [6.07, 6.45) is 1.63. The van der Waals surface area contributed by atoms with Gasteiger partial charge in [-0.15, -0.1) is 0 Å². The first kappa shape index (κ1) is 15.2. The molecule has 1 amide bonds. The Hall–Kier alpha value is -2.23. The maximum absolute atomic E-state index is 12.8. The first-order valence-corrected chi connectivity index (χ1v) is 7.14. The minimum absolute atomic E-state index is 0.0219. The average molecular weight is 283 g/mol. The molecule has 2 aromatic rings. The molecular formula is C17H21N3O. The second-order valence-electron chi connectivity index (χ2n) is 5.43. The summed E-state index contributed by atoms with van der Waals surface area (Å²) in [4.78, 5) is 23.0. The molecule has 1 aromatic heterocycles. The molecule has 0 saturated heterocycles. The lowest BCUT2D eigenvalue weighted by Gasteiger charge is -2.27. The zero-order valence-corrected chi connectivity index (χ0v) is 13.0. The van der Waals surface area contributed by atoms with E-state index in [9.17, 15) is 4.79 Å². The molecule has 110 valence electrons. The van der Waals surface area contributed by atoms with E-state index in [0.29, 0.717) is 17.9 Å². The second kappa shape index (κ2) is 6.48. The molecule has 0 saturated carbocycles. The van der Waals surface area contributed by atoms with E-state index in [1.165, 1.54) is 0 Å². The smallest absolute Gasteiger partial charge is 0.257 e. The van der Waals surface area contributed by atoms with E-state index in [0.717, 1.165) is 11.3 Å². The SMILES string of the molecule is Cc1ncc(C(=O)N(Cc2ccccc2)C(C)C)c(C)n1. The third kappa shape index (κ3) is 3.66. The number of carbonyl (C=O) groups is 1. The number of carbonyl (C=O) groups excluding carboxylic acids is 1. The highest BCUT2D eigenvalue weighted by molar-refractivity contribution is 5.95. The summed E-state index contributed by atoms with van der Waals surface area (Å²) in [7, 11) is 0. The lowest BCUT2D eigenvalue weighted by molar-refractivity contribution is 0.0688. The molecule has 2 rings (SSSR count). The van der Waals surface area contributed by atoms with Crippen molar-refractivity contribution < 1.29 is 4.79 Å². The van der Waals surface area contributed by atoms with E-state index >= 15 is 0 Å². The average Bonchev–Trinajstić information content (AvgIpc) is 2.45. The first-order valence-electron chi connectivity index (χ1n) is 7.14. The molecule has 0 aliphatic carbocycles. The van der Waals surface area contributed by atoms with Crippen molar-refractivity contribution in [2.45, 2.75) is 40.3 Å². The second-order valence-corrected chi connectivity index (χ2v) is 5.43. The van der Waals surface area contributed by atoms with Gasteiger partial charge in [0.05, 0.1) is 11.3 Å². The Kier molecular flexibility index (Phi) is 4.68. The van der Waals surface area contributed by atoms with Gasteiger partial charge in [0.25, 0.3) is 5.91 Å². The van der Waals surface area contributed by atoms with Crippen molar-refractivity contribution in [1.82, 2.24) is 14.9 Å². The molecule has 0 spiro atoms. The lowest BCUT2D eigenvalue weighted by atomic mass is 10.1. The van der Waals surface area contributed by atoms with Gasteiger partial charge in [-0.3, -0.25) is 4.79 Å². The fraction of sp³-hybridized carbons (Fsp3) is 0.353. The Balaban J connectivity index is 2.27. The van der Waals surface area contributed by atoms with E-state index in [1.807, 2.05) is 62.9 Å². The Morgan fingerprint density at radius 3 is 2.43 bits per heavy atom. The molecule has 0 bridgehead atoms. The first-order chi connectivity index (χ1) is 9.99. The van der Waals surface area contributed by atoms with Crippen molar-refractivity contribution >= 4 is 5.91 Å². The predicted octanol–water partition coefficient (Wildman–Crippen LogP) is 3.14. The van der Waals surface area contributed by atoms with Crippen molar-refractivity contribution in [3.8, 4) is 0 Å². The molecule has 1 heterocycles. The minimum Gasteiger partial charge on any atom is -0.332 e. The summed E-state index contributed by atoms with van der Waals surface area (Å²) in [5.74, 6) is 0.662. The molecule has 0 aliphatic heterocycles. The highest BCUT2D eigenvalue weighted by atomic mass is 16.2. The number of amides is 1. The summed E-state index contributed by atoms with van der Waals surface area (Å²) in [5, 5.41) is 0. The summed E-state index contributed by atoms with van der Waals surface area (Å²) in [6.45, 7) is 8.30. The number of aromatic nitrogens is 2. The van der Waals surface area contributed by atoms with E-state index in [-0.39, 0.29) is 11.9 Å². The van der Waals surface area contributed by atoms with Gasteiger partial charge < -0.3 is 4.90 Å². The summed E-state index contributed by atoms with van der Waals surface area (Å²) < 4.78 is 0. The van der Waals surface area contributed by atoms with Crippen LogP contribution in [0.3, 0.4) is 0 Å². The Morgan fingerprint density at radius 2 is 1.86 bits per heavy atom. The van der Waals surface area contributed by atoms with Crippen LogP contribution in [0, 0.1) is 13.8 Å². The molecule has 1 aromatic carbocycles. The fourth-order valence-corrected chi connectivity index (χ4v) is 2.22. The number of benzene rings is 1. The van der Waals surface area contributed by atoms with Crippen LogP contribution in [0.2, 0.25) is 0 Å². The zero-order valence-electron chi connectivity index (χ0n) is 13.0. The Morgan fingerprint density at radius 1 is 1.19 bits per heavy atom. The molecule has 0 atom stereocenters. The third-order valence-corrected chi connectivity index (χ3v) is 3.41. The van der Waals surface area contributed by atoms with Crippen LogP contribution in [0.15, 0.2) is 36.5 Å². The van der Waals surface area contributed by atoms with Crippen molar-refractivity contribution in [2.24, 2.45) is 0 Å². The zero-order chi connectivity index (χ0) is 15.4. The molecule has 4 nitrogen and oxygen atoms in total. The van der Waals surface area contributed by atoms with Crippen LogP contribution in [-0.4, -0.2) is 26.8 Å². The van der Waals surface area contributed by atoms with Gasteiger partial charge in [0.2, 0.25) is 0 Å². The van der Waals surface area contributed by atoms with Crippen molar-refractivity contribution in [3.63, 3.8) is 0 Å². The number of hydrogen-bond donors (Lipinski definition) is 0. The van der Waals surface area contributed by atoms with Crippen molar-refractivity contribution in [3.05, 3.63) is 59.2 Å². The maximum Gasteiger partial charge on any atom is 0.257 e. The van der Waals surface area contributed by atoms with Gasteiger partial charge in [-0.25, -0.2) is 9.97 Å². The van der Waals surface area contributed by atoms with E-state index in [4.69, 9.17) is 0 Å². The van der Waals surface area contributed by atoms with Crippen molar-refractivity contribution in [2.75, 3.05) is 0 Å². The molecule has 0 unspecified atom stereocenters. The van der Waals surface area contributed by atoms with Gasteiger partial charge in [0, 0.05) is 18.8 Å². The standard InChI is InChI=1S/C17H21N3O/c1-12(2)20(11-15-8-6-5-7-9-15)17(21)16-10-18-14(4)19-13(16)3/h5-10,12H,11H2,1-4H3. The summed E-state index contributed by atoms with van der Waals surface area (Å²) in [5.41, 5.74) is 2.42. The molecule has 0 N–H and O–H groups in total. The Bertz CT molecular complexity index is 623. The third-order valence-electron chi connectivity index (χ3n) is 3.41. The van der Waals surface area contributed by atoms with Crippen LogP contribution in [0.1, 0.15) is 41.3 Å². The lowest BCUT2D eigenvalue weighted by Crippen LogP contribution is -2.37. The van der Waals surface area contributed by atoms with Gasteiger partial charge in [-0.05, 0) is 33.3 Å². The van der Waals surface area contributed by atoms with Gasteiger partial charge in [0.1, 0.15) is 5.82 Å². The molecule has 0 aliphatic rings. The van der Waals surface area contributed by atoms with E-state index in [1.54, 1.807) is 6.20 Å². The molecule has 0 radical (unpaired) electrons. The molecule has 21 heavy (non-hydrogen) atoms. The highest BCUT2D eigenvalue weighted by Crippen LogP contribution is 2.14. The van der Waals surface area contributed by atoms with Gasteiger partial charge in [0.15, 0.2) is 0 Å². The van der Waals surface area contributed by atoms with Crippen LogP contribution >= 0.6 is 0 Å². The van der Waals surface area contributed by atoms with Gasteiger partial charge >= 0.3 is 0 Å². The van der Waals surface area contributed by atoms with Gasteiger partial charge in [-0.2, -0.15) is 0 Å². The van der Waals surface area contributed by atoms with Gasteiger partial charge in [-0.1, -0.05) is 30.3 Å².